The number of halogens is 3. The van der Waals surface area contributed by atoms with Gasteiger partial charge < -0.3 is 5.32 Å². The highest BCUT2D eigenvalue weighted by Crippen LogP contribution is 2.27. The Labute approximate surface area is 138 Å². The molecule has 2 aromatic rings. The minimum atomic E-state index is -3.87. The van der Waals surface area contributed by atoms with Crippen LogP contribution in [-0.2, 0) is 9.05 Å². The van der Waals surface area contributed by atoms with Gasteiger partial charge in [0.25, 0.3) is 15.0 Å². The molecular formula is C12H7BrCl2N2O3S. The SMILES string of the molecule is O=C(Nc1ccc(S(=O)(=O)Cl)cc1Cl)c1cncc(Br)c1. The zero-order valence-corrected chi connectivity index (χ0v) is 14.1. The number of nitrogens with one attached hydrogen (secondary N) is 1. The summed E-state index contributed by atoms with van der Waals surface area (Å²) in [5.74, 6) is -0.424. The first-order chi connectivity index (χ1) is 9.77. The van der Waals surface area contributed by atoms with Crippen molar-refractivity contribution in [1.29, 1.82) is 0 Å². The molecule has 9 heteroatoms. The van der Waals surface area contributed by atoms with E-state index in [-0.39, 0.29) is 15.6 Å². The molecule has 1 aromatic heterocycles. The Hall–Kier alpha value is -1.15. The number of pyridine rings is 1. The highest BCUT2D eigenvalue weighted by molar-refractivity contribution is 9.10. The summed E-state index contributed by atoms with van der Waals surface area (Å²) >= 11 is 9.15. The van der Waals surface area contributed by atoms with E-state index in [9.17, 15) is 13.2 Å². The fraction of sp³-hybridized carbons (Fsp3) is 0. The summed E-state index contributed by atoms with van der Waals surface area (Å²) in [6, 6.07) is 5.37. The lowest BCUT2D eigenvalue weighted by molar-refractivity contribution is 0.102. The Morgan fingerprint density at radius 1 is 1.24 bits per heavy atom. The van der Waals surface area contributed by atoms with Crippen LogP contribution in [-0.4, -0.2) is 19.3 Å². The van der Waals surface area contributed by atoms with Crippen LogP contribution in [0.4, 0.5) is 5.69 Å². The molecular weight excluding hydrogens is 403 g/mol. The minimum absolute atomic E-state index is 0.0630. The van der Waals surface area contributed by atoms with E-state index in [0.29, 0.717) is 10.0 Å². The Morgan fingerprint density at radius 3 is 2.52 bits per heavy atom. The van der Waals surface area contributed by atoms with Crippen molar-refractivity contribution < 1.29 is 13.2 Å². The molecule has 1 amide bonds. The monoisotopic (exact) mass is 408 g/mol. The highest BCUT2D eigenvalue weighted by atomic mass is 79.9. The molecule has 0 atom stereocenters. The first kappa shape index (κ1) is 16.2. The summed E-state index contributed by atoms with van der Waals surface area (Å²) < 4.78 is 23.0. The molecule has 1 heterocycles. The maximum atomic E-state index is 12.0. The molecule has 0 aliphatic carbocycles. The van der Waals surface area contributed by atoms with E-state index in [1.54, 1.807) is 12.3 Å². The van der Waals surface area contributed by atoms with E-state index >= 15 is 0 Å². The van der Waals surface area contributed by atoms with Crippen molar-refractivity contribution in [2.24, 2.45) is 0 Å². The molecule has 0 aliphatic heterocycles. The largest absolute Gasteiger partial charge is 0.321 e. The molecule has 0 spiro atoms. The summed E-state index contributed by atoms with van der Waals surface area (Å²) in [5.41, 5.74) is 0.597. The minimum Gasteiger partial charge on any atom is -0.321 e. The third-order valence-electron chi connectivity index (χ3n) is 2.44. The van der Waals surface area contributed by atoms with Crippen molar-refractivity contribution in [2.75, 3.05) is 5.32 Å². The molecule has 0 radical (unpaired) electrons. The summed E-state index contributed by atoms with van der Waals surface area (Å²) in [5, 5.41) is 2.63. The van der Waals surface area contributed by atoms with Crippen molar-refractivity contribution in [2.45, 2.75) is 4.90 Å². The van der Waals surface area contributed by atoms with Crippen LogP contribution in [0.5, 0.6) is 0 Å². The van der Waals surface area contributed by atoms with Gasteiger partial charge in [-0.2, -0.15) is 0 Å². The zero-order chi connectivity index (χ0) is 15.6. The summed E-state index contributed by atoms with van der Waals surface area (Å²) in [6.45, 7) is 0. The average molecular weight is 410 g/mol. The van der Waals surface area contributed by atoms with Crippen molar-refractivity contribution in [3.05, 3.63) is 51.7 Å². The number of amides is 1. The maximum Gasteiger partial charge on any atom is 0.261 e. The number of aromatic nitrogens is 1. The fourth-order valence-corrected chi connectivity index (χ4v) is 2.91. The summed E-state index contributed by atoms with van der Waals surface area (Å²) in [4.78, 5) is 15.8. The van der Waals surface area contributed by atoms with Gasteiger partial charge in [-0.15, -0.1) is 0 Å². The Bertz CT molecular complexity index is 812. The summed E-state index contributed by atoms with van der Waals surface area (Å²) in [7, 11) is 1.35. The van der Waals surface area contributed by atoms with Crippen LogP contribution in [0.2, 0.25) is 5.02 Å². The topological polar surface area (TPSA) is 76.1 Å². The van der Waals surface area contributed by atoms with E-state index in [4.69, 9.17) is 22.3 Å². The first-order valence-corrected chi connectivity index (χ1v) is 8.91. The number of carbonyl (C=O) groups is 1. The Kier molecular flexibility index (Phi) is 4.88. The lowest BCUT2D eigenvalue weighted by Gasteiger charge is -2.08. The van der Waals surface area contributed by atoms with E-state index in [1.165, 1.54) is 24.4 Å². The van der Waals surface area contributed by atoms with Gasteiger partial charge in [0.1, 0.15) is 0 Å². The molecule has 21 heavy (non-hydrogen) atoms. The standard InChI is InChI=1S/C12H7BrCl2N2O3S/c13-8-3-7(5-16-6-8)12(18)17-11-2-1-9(4-10(11)14)21(15,19)20/h1-6H,(H,17,18). The van der Waals surface area contributed by atoms with Gasteiger partial charge in [0.2, 0.25) is 0 Å². The first-order valence-electron chi connectivity index (χ1n) is 5.43. The van der Waals surface area contributed by atoms with Crippen molar-refractivity contribution >= 4 is 58.9 Å². The maximum absolute atomic E-state index is 12.0. The number of nitrogens with zero attached hydrogens (tertiary/aromatic N) is 1. The lowest BCUT2D eigenvalue weighted by atomic mass is 10.2. The number of carbonyl (C=O) groups excluding carboxylic acids is 1. The number of anilines is 1. The second-order valence-electron chi connectivity index (χ2n) is 3.93. The number of hydrogen-bond acceptors (Lipinski definition) is 4. The smallest absolute Gasteiger partial charge is 0.261 e. The number of benzene rings is 1. The van der Waals surface area contributed by atoms with Gasteiger partial charge in [0, 0.05) is 27.5 Å². The highest BCUT2D eigenvalue weighted by Gasteiger charge is 2.14. The second kappa shape index (κ2) is 6.31. The van der Waals surface area contributed by atoms with E-state index < -0.39 is 15.0 Å². The predicted molar refractivity (Wildman–Crippen MR) is 84.4 cm³/mol. The molecule has 0 saturated carbocycles. The third kappa shape index (κ3) is 4.16. The fourth-order valence-electron chi connectivity index (χ4n) is 1.48. The average Bonchev–Trinajstić information content (AvgIpc) is 2.39. The van der Waals surface area contributed by atoms with Crippen molar-refractivity contribution in [3.8, 4) is 0 Å². The quantitative estimate of drug-likeness (QED) is 0.784. The van der Waals surface area contributed by atoms with Crippen molar-refractivity contribution in [1.82, 2.24) is 4.98 Å². The molecule has 110 valence electrons. The van der Waals surface area contributed by atoms with Crippen LogP contribution in [0, 0.1) is 0 Å². The van der Waals surface area contributed by atoms with Crippen LogP contribution in [0.1, 0.15) is 10.4 Å². The predicted octanol–water partition coefficient (Wildman–Crippen LogP) is 3.68. The lowest BCUT2D eigenvalue weighted by Crippen LogP contribution is -2.12. The number of hydrogen-bond donors (Lipinski definition) is 1. The molecule has 0 fully saturated rings. The molecule has 5 nitrogen and oxygen atoms in total. The zero-order valence-electron chi connectivity index (χ0n) is 10.2. The van der Waals surface area contributed by atoms with E-state index in [1.807, 2.05) is 0 Å². The van der Waals surface area contributed by atoms with Crippen LogP contribution >= 0.6 is 38.2 Å². The molecule has 2 rings (SSSR count). The van der Waals surface area contributed by atoms with Gasteiger partial charge in [-0.3, -0.25) is 9.78 Å². The molecule has 0 saturated heterocycles. The molecule has 0 unspecified atom stereocenters. The molecule has 1 aromatic carbocycles. The van der Waals surface area contributed by atoms with Crippen molar-refractivity contribution in [3.63, 3.8) is 0 Å². The van der Waals surface area contributed by atoms with Gasteiger partial charge >= 0.3 is 0 Å². The van der Waals surface area contributed by atoms with Crippen LogP contribution in [0.15, 0.2) is 46.0 Å². The van der Waals surface area contributed by atoms with E-state index in [0.717, 1.165) is 0 Å². The molecule has 1 N–H and O–H groups in total. The molecule has 0 bridgehead atoms. The van der Waals surface area contributed by atoms with Gasteiger partial charge in [-0.25, -0.2) is 8.42 Å². The second-order valence-corrected chi connectivity index (χ2v) is 7.81. The normalized spacial score (nSPS) is 11.2. The van der Waals surface area contributed by atoms with Gasteiger partial charge in [-0.05, 0) is 40.2 Å². The summed E-state index contributed by atoms with van der Waals surface area (Å²) in [6.07, 6.45) is 2.94. The Morgan fingerprint density at radius 2 is 1.95 bits per heavy atom. The Balaban J connectivity index is 2.26. The van der Waals surface area contributed by atoms with E-state index in [2.05, 4.69) is 26.2 Å². The van der Waals surface area contributed by atoms with Gasteiger partial charge in [0.05, 0.1) is 21.2 Å². The third-order valence-corrected chi connectivity index (χ3v) is 4.54. The molecule has 0 aliphatic rings. The van der Waals surface area contributed by atoms with Crippen LogP contribution < -0.4 is 5.32 Å². The van der Waals surface area contributed by atoms with Crippen LogP contribution in [0.25, 0.3) is 0 Å². The number of rotatable bonds is 3. The van der Waals surface area contributed by atoms with Crippen LogP contribution in [0.3, 0.4) is 0 Å². The van der Waals surface area contributed by atoms with Gasteiger partial charge in [0.15, 0.2) is 0 Å². The van der Waals surface area contributed by atoms with Gasteiger partial charge in [-0.1, -0.05) is 11.6 Å².